The van der Waals surface area contributed by atoms with Crippen LogP contribution in [0.3, 0.4) is 0 Å². The highest BCUT2D eigenvalue weighted by Gasteiger charge is 2.18. The maximum atomic E-state index is 11.3. The van der Waals surface area contributed by atoms with E-state index in [9.17, 15) is 10.1 Å². The van der Waals surface area contributed by atoms with Gasteiger partial charge >= 0.3 is 0 Å². The van der Waals surface area contributed by atoms with Crippen LogP contribution in [0.2, 0.25) is 0 Å². The summed E-state index contributed by atoms with van der Waals surface area (Å²) in [5, 5.41) is 17.2. The van der Waals surface area contributed by atoms with Gasteiger partial charge in [-0.3, -0.25) is 10.1 Å². The Bertz CT molecular complexity index is 978. The van der Waals surface area contributed by atoms with Crippen LogP contribution in [0, 0.1) is 10.1 Å². The Labute approximate surface area is 122 Å². The van der Waals surface area contributed by atoms with Gasteiger partial charge in [0, 0.05) is 15.9 Å². The zero-order valence-corrected chi connectivity index (χ0v) is 11.8. The van der Waals surface area contributed by atoms with Gasteiger partial charge in [0.2, 0.25) is 0 Å². The molecule has 0 fully saturated rings. The number of halogens is 1. The molecule has 96 valence electrons. The third-order valence-electron chi connectivity index (χ3n) is 3.77. The molecule has 3 nitrogen and oxygen atoms in total. The van der Waals surface area contributed by atoms with E-state index < -0.39 is 0 Å². The van der Waals surface area contributed by atoms with E-state index in [0.29, 0.717) is 5.39 Å². The van der Waals surface area contributed by atoms with Crippen LogP contribution < -0.4 is 0 Å². The Morgan fingerprint density at radius 3 is 2.20 bits per heavy atom. The lowest BCUT2D eigenvalue weighted by Gasteiger charge is -2.11. The van der Waals surface area contributed by atoms with E-state index in [-0.39, 0.29) is 10.6 Å². The molecule has 0 saturated carbocycles. The number of hydrogen-bond donors (Lipinski definition) is 0. The van der Waals surface area contributed by atoms with Crippen LogP contribution in [0.25, 0.3) is 32.3 Å². The first-order chi connectivity index (χ1) is 9.66. The number of rotatable bonds is 1. The predicted molar refractivity (Wildman–Crippen MR) is 84.5 cm³/mol. The molecule has 0 saturated heterocycles. The summed E-state index contributed by atoms with van der Waals surface area (Å²) in [5.41, 5.74) is 0.141. The fraction of sp³-hybridized carbons (Fsp3) is 0. The Kier molecular flexibility index (Phi) is 2.26. The molecule has 0 radical (unpaired) electrons. The monoisotopic (exact) mass is 325 g/mol. The molecule has 0 N–H and O–H groups in total. The van der Waals surface area contributed by atoms with Gasteiger partial charge in [-0.25, -0.2) is 0 Å². The quantitative estimate of drug-likeness (QED) is 0.272. The van der Waals surface area contributed by atoms with Crippen molar-refractivity contribution in [1.29, 1.82) is 0 Å². The van der Waals surface area contributed by atoms with Crippen LogP contribution in [0.15, 0.2) is 53.0 Å². The van der Waals surface area contributed by atoms with Gasteiger partial charge in [0.1, 0.15) is 0 Å². The molecular formula is C16H8BrNO2. The van der Waals surface area contributed by atoms with Crippen molar-refractivity contribution < 1.29 is 4.92 Å². The largest absolute Gasteiger partial charge is 0.278 e. The Balaban J connectivity index is 2.41. The molecule has 0 bridgehead atoms. The van der Waals surface area contributed by atoms with Gasteiger partial charge in [0.25, 0.3) is 5.69 Å². The maximum Gasteiger partial charge on any atom is 0.278 e. The molecule has 0 spiro atoms. The van der Waals surface area contributed by atoms with Crippen LogP contribution >= 0.6 is 15.9 Å². The molecule has 0 aliphatic heterocycles. The van der Waals surface area contributed by atoms with Crippen molar-refractivity contribution in [2.45, 2.75) is 0 Å². The van der Waals surface area contributed by atoms with Crippen molar-refractivity contribution in [1.82, 2.24) is 0 Å². The molecule has 0 aliphatic carbocycles. The minimum atomic E-state index is -0.323. The summed E-state index contributed by atoms with van der Waals surface area (Å²) in [5.74, 6) is 0. The van der Waals surface area contributed by atoms with E-state index in [2.05, 4.69) is 22.0 Å². The lowest BCUT2D eigenvalue weighted by molar-refractivity contribution is -0.383. The Hall–Kier alpha value is -2.20. The van der Waals surface area contributed by atoms with E-state index in [1.54, 1.807) is 6.07 Å². The van der Waals surface area contributed by atoms with Gasteiger partial charge in [0.05, 0.1) is 10.3 Å². The smallest absolute Gasteiger partial charge is 0.258 e. The number of hydrogen-bond acceptors (Lipinski definition) is 2. The van der Waals surface area contributed by atoms with E-state index in [0.717, 1.165) is 31.4 Å². The van der Waals surface area contributed by atoms with Gasteiger partial charge < -0.3 is 0 Å². The van der Waals surface area contributed by atoms with Gasteiger partial charge in [-0.1, -0.05) is 36.4 Å². The fourth-order valence-corrected chi connectivity index (χ4v) is 3.47. The summed E-state index contributed by atoms with van der Waals surface area (Å²) in [6.07, 6.45) is 0. The summed E-state index contributed by atoms with van der Waals surface area (Å²) < 4.78 is 0.759. The summed E-state index contributed by atoms with van der Waals surface area (Å²) in [7, 11) is 0. The number of nitro benzene ring substituents is 1. The lowest BCUT2D eigenvalue weighted by Crippen LogP contribution is -1.92. The highest BCUT2D eigenvalue weighted by atomic mass is 79.9. The molecule has 4 aromatic rings. The summed E-state index contributed by atoms with van der Waals surface area (Å²) in [4.78, 5) is 11.0. The van der Waals surface area contributed by atoms with Gasteiger partial charge in [-0.2, -0.15) is 0 Å². The van der Waals surface area contributed by atoms with E-state index >= 15 is 0 Å². The van der Waals surface area contributed by atoms with Crippen molar-refractivity contribution in [3.8, 4) is 0 Å². The van der Waals surface area contributed by atoms with Crippen molar-refractivity contribution in [3.63, 3.8) is 0 Å². The third kappa shape index (κ3) is 1.40. The van der Waals surface area contributed by atoms with Crippen LogP contribution in [-0.2, 0) is 0 Å². The second-order valence-corrected chi connectivity index (χ2v) is 5.67. The van der Waals surface area contributed by atoms with E-state index in [1.165, 1.54) is 0 Å². The average Bonchev–Trinajstić information content (AvgIpc) is 2.46. The molecule has 0 aliphatic rings. The van der Waals surface area contributed by atoms with E-state index in [1.807, 2.05) is 36.4 Å². The summed E-state index contributed by atoms with van der Waals surface area (Å²) in [6, 6.07) is 15.5. The lowest BCUT2D eigenvalue weighted by atomic mass is 9.93. The zero-order valence-electron chi connectivity index (χ0n) is 10.3. The first-order valence-corrected chi connectivity index (χ1v) is 6.96. The molecule has 4 rings (SSSR count). The van der Waals surface area contributed by atoms with Crippen LogP contribution in [-0.4, -0.2) is 4.92 Å². The van der Waals surface area contributed by atoms with Gasteiger partial charge in [0.15, 0.2) is 0 Å². The molecule has 0 atom stereocenters. The molecular weight excluding hydrogens is 318 g/mol. The number of nitrogens with zero attached hydrogens (tertiary/aromatic N) is 1. The molecule has 0 unspecified atom stereocenters. The highest BCUT2D eigenvalue weighted by molar-refractivity contribution is 9.10. The molecule has 0 amide bonds. The third-order valence-corrected chi connectivity index (χ3v) is 4.43. The number of nitro groups is 1. The average molecular weight is 326 g/mol. The molecule has 0 aromatic heterocycles. The SMILES string of the molecule is O=[N+]([O-])c1cc(Br)c2ccc3cccc4ccc1c2c34. The van der Waals surface area contributed by atoms with Gasteiger partial charge in [-0.05, 0) is 43.5 Å². The van der Waals surface area contributed by atoms with Crippen molar-refractivity contribution in [2.75, 3.05) is 0 Å². The predicted octanol–water partition coefficient (Wildman–Crippen LogP) is 5.25. The Morgan fingerprint density at radius 2 is 1.55 bits per heavy atom. The molecule has 0 heterocycles. The van der Waals surface area contributed by atoms with Crippen molar-refractivity contribution in [3.05, 3.63) is 63.1 Å². The van der Waals surface area contributed by atoms with Crippen LogP contribution in [0.1, 0.15) is 0 Å². The first-order valence-electron chi connectivity index (χ1n) is 6.17. The molecule has 4 heteroatoms. The second kappa shape index (κ2) is 3.90. The van der Waals surface area contributed by atoms with Crippen LogP contribution in [0.5, 0.6) is 0 Å². The first kappa shape index (κ1) is 11.6. The summed E-state index contributed by atoms with van der Waals surface area (Å²) >= 11 is 3.46. The van der Waals surface area contributed by atoms with Crippen molar-refractivity contribution >= 4 is 53.9 Å². The maximum absolute atomic E-state index is 11.3. The zero-order chi connectivity index (χ0) is 13.9. The van der Waals surface area contributed by atoms with Gasteiger partial charge in [-0.15, -0.1) is 0 Å². The van der Waals surface area contributed by atoms with E-state index in [4.69, 9.17) is 0 Å². The molecule has 20 heavy (non-hydrogen) atoms. The standard InChI is InChI=1S/C16H8BrNO2/c17-13-8-14(18(19)20)12-7-5-10-3-1-2-9-4-6-11(13)16(12)15(9)10/h1-8H. The van der Waals surface area contributed by atoms with Crippen LogP contribution in [0.4, 0.5) is 5.69 Å². The minimum absolute atomic E-state index is 0.141. The fourth-order valence-electron chi connectivity index (χ4n) is 2.92. The van der Waals surface area contributed by atoms with Crippen molar-refractivity contribution in [2.24, 2.45) is 0 Å². The highest BCUT2D eigenvalue weighted by Crippen LogP contribution is 2.41. The topological polar surface area (TPSA) is 43.1 Å². The molecule has 4 aromatic carbocycles. The normalized spacial score (nSPS) is 11.7. The second-order valence-electron chi connectivity index (χ2n) is 4.82. The number of non-ortho nitro benzene ring substituents is 1. The summed E-state index contributed by atoms with van der Waals surface area (Å²) in [6.45, 7) is 0. The number of benzene rings is 4. The Morgan fingerprint density at radius 1 is 0.900 bits per heavy atom. The minimum Gasteiger partial charge on any atom is -0.258 e.